The monoisotopic (exact) mass is 376 g/mol. The summed E-state index contributed by atoms with van der Waals surface area (Å²) in [6.07, 6.45) is 0. The van der Waals surface area contributed by atoms with E-state index in [-0.39, 0.29) is 6.61 Å². The van der Waals surface area contributed by atoms with Crippen LogP contribution in [0.3, 0.4) is 0 Å². The Labute approximate surface area is 154 Å². The van der Waals surface area contributed by atoms with Gasteiger partial charge in [-0.25, -0.2) is 4.79 Å². The molecule has 0 radical (unpaired) electrons. The van der Waals surface area contributed by atoms with E-state index in [0.29, 0.717) is 21.4 Å². The highest BCUT2D eigenvalue weighted by Crippen LogP contribution is 2.36. The first kappa shape index (κ1) is 17.6. The van der Waals surface area contributed by atoms with Crippen LogP contribution in [0, 0.1) is 6.92 Å². The van der Waals surface area contributed by atoms with E-state index >= 15 is 0 Å². The molecule has 0 aliphatic heterocycles. The lowest BCUT2D eigenvalue weighted by Crippen LogP contribution is -2.05. The van der Waals surface area contributed by atoms with Crippen molar-refractivity contribution < 1.29 is 19.0 Å². The molecule has 130 valence electrons. The molecule has 0 aliphatic rings. The molecule has 4 nitrogen and oxygen atoms in total. The Bertz CT molecular complexity index is 933. The number of ether oxygens (including phenoxy) is 3. The number of hydrogen-bond acceptors (Lipinski definition) is 5. The first-order valence-electron chi connectivity index (χ1n) is 7.60. The zero-order valence-corrected chi connectivity index (χ0v) is 15.7. The van der Waals surface area contributed by atoms with E-state index in [1.807, 2.05) is 43.3 Å². The number of carbonyl (C=O) groups is 1. The van der Waals surface area contributed by atoms with Crippen LogP contribution >= 0.6 is 22.9 Å². The van der Waals surface area contributed by atoms with E-state index in [1.54, 1.807) is 14.2 Å². The summed E-state index contributed by atoms with van der Waals surface area (Å²) in [6, 6.07) is 11.3. The number of aryl methyl sites for hydroxylation is 1. The van der Waals surface area contributed by atoms with Crippen LogP contribution in [-0.4, -0.2) is 20.2 Å². The summed E-state index contributed by atoms with van der Waals surface area (Å²) in [5.41, 5.74) is 1.80. The zero-order valence-electron chi connectivity index (χ0n) is 14.1. The Morgan fingerprint density at radius 1 is 1.12 bits per heavy atom. The Morgan fingerprint density at radius 3 is 2.48 bits per heavy atom. The number of rotatable bonds is 5. The predicted octanol–water partition coefficient (Wildman–Crippen LogP) is 5.24. The highest BCUT2D eigenvalue weighted by atomic mass is 35.5. The number of benzene rings is 2. The molecular weight excluding hydrogens is 360 g/mol. The molecule has 2 aromatic carbocycles. The summed E-state index contributed by atoms with van der Waals surface area (Å²) in [5, 5.41) is 1.30. The molecule has 0 atom stereocenters. The van der Waals surface area contributed by atoms with Crippen molar-refractivity contribution in [2.24, 2.45) is 0 Å². The summed E-state index contributed by atoms with van der Waals surface area (Å²) in [7, 11) is 3.15. The number of fused-ring (bicyclic) bond motifs is 1. The first-order chi connectivity index (χ1) is 12.0. The molecule has 0 saturated heterocycles. The first-order valence-corrected chi connectivity index (χ1v) is 8.80. The number of carbonyl (C=O) groups excluding carboxylic acids is 1. The summed E-state index contributed by atoms with van der Waals surface area (Å²) >= 11 is 7.66. The van der Waals surface area contributed by atoms with Crippen LogP contribution in [0.15, 0.2) is 36.4 Å². The lowest BCUT2D eigenvalue weighted by molar-refractivity contribution is 0.0478. The van der Waals surface area contributed by atoms with Gasteiger partial charge in [0.15, 0.2) is 11.5 Å². The lowest BCUT2D eigenvalue weighted by atomic mass is 10.1. The van der Waals surface area contributed by atoms with Gasteiger partial charge in [-0.1, -0.05) is 29.8 Å². The van der Waals surface area contributed by atoms with Gasteiger partial charge in [0.25, 0.3) is 0 Å². The molecule has 3 aromatic rings. The fraction of sp³-hybridized carbons (Fsp3) is 0.211. The molecule has 25 heavy (non-hydrogen) atoms. The molecule has 0 fully saturated rings. The third-order valence-electron chi connectivity index (χ3n) is 3.92. The Kier molecular flexibility index (Phi) is 5.16. The molecule has 1 heterocycles. The maximum atomic E-state index is 12.4. The Balaban J connectivity index is 1.81. The summed E-state index contributed by atoms with van der Waals surface area (Å²) in [4.78, 5) is 12.9. The molecule has 0 spiro atoms. The standard InChI is InChI=1S/C19H17ClO4S/c1-11-8-14(22-2)15(23-3)9-12(11)10-24-19(21)18-17(20)13-6-4-5-7-16(13)25-18/h4-9H,10H2,1-3H3. The largest absolute Gasteiger partial charge is 0.493 e. The lowest BCUT2D eigenvalue weighted by Gasteiger charge is -2.13. The van der Waals surface area contributed by atoms with Crippen molar-refractivity contribution in [2.75, 3.05) is 14.2 Å². The average Bonchev–Trinajstić information content (AvgIpc) is 2.97. The van der Waals surface area contributed by atoms with E-state index in [4.69, 9.17) is 25.8 Å². The van der Waals surface area contributed by atoms with Gasteiger partial charge < -0.3 is 14.2 Å². The second-order valence-corrected chi connectivity index (χ2v) is 6.88. The second kappa shape index (κ2) is 7.33. The topological polar surface area (TPSA) is 44.8 Å². The minimum absolute atomic E-state index is 0.135. The molecule has 6 heteroatoms. The number of hydrogen-bond donors (Lipinski definition) is 0. The third-order valence-corrected chi connectivity index (χ3v) is 5.58. The molecule has 0 N–H and O–H groups in total. The minimum Gasteiger partial charge on any atom is -0.493 e. The number of esters is 1. The van der Waals surface area contributed by atoms with Gasteiger partial charge in [0.05, 0.1) is 19.2 Å². The van der Waals surface area contributed by atoms with Crippen molar-refractivity contribution in [1.29, 1.82) is 0 Å². The van der Waals surface area contributed by atoms with Gasteiger partial charge >= 0.3 is 5.97 Å². The van der Waals surface area contributed by atoms with Crippen molar-refractivity contribution in [3.63, 3.8) is 0 Å². The van der Waals surface area contributed by atoms with Crippen LogP contribution in [0.4, 0.5) is 0 Å². The number of methoxy groups -OCH3 is 2. The van der Waals surface area contributed by atoms with E-state index in [2.05, 4.69) is 0 Å². The van der Waals surface area contributed by atoms with Gasteiger partial charge in [-0.05, 0) is 36.2 Å². The van der Waals surface area contributed by atoms with E-state index < -0.39 is 5.97 Å². The molecule has 0 saturated carbocycles. The SMILES string of the molecule is COc1cc(C)c(COC(=O)c2sc3ccccc3c2Cl)cc1OC. The van der Waals surface area contributed by atoms with Crippen LogP contribution < -0.4 is 9.47 Å². The van der Waals surface area contributed by atoms with Crippen molar-refractivity contribution in [1.82, 2.24) is 0 Å². The molecule has 3 rings (SSSR count). The van der Waals surface area contributed by atoms with E-state index in [9.17, 15) is 4.79 Å². The maximum Gasteiger partial charge on any atom is 0.350 e. The van der Waals surface area contributed by atoms with Crippen LogP contribution in [-0.2, 0) is 11.3 Å². The average molecular weight is 377 g/mol. The van der Waals surface area contributed by atoms with Crippen LogP contribution in [0.2, 0.25) is 5.02 Å². The van der Waals surface area contributed by atoms with Crippen LogP contribution in [0.1, 0.15) is 20.8 Å². The maximum absolute atomic E-state index is 12.4. The van der Waals surface area contributed by atoms with Crippen molar-refractivity contribution in [3.8, 4) is 11.5 Å². The fourth-order valence-corrected chi connectivity index (χ4v) is 3.93. The normalized spacial score (nSPS) is 10.7. The molecular formula is C19H17ClO4S. The minimum atomic E-state index is -0.430. The summed E-state index contributed by atoms with van der Waals surface area (Å²) < 4.78 is 17.0. The quantitative estimate of drug-likeness (QED) is 0.571. The second-order valence-electron chi connectivity index (χ2n) is 5.45. The Morgan fingerprint density at radius 2 is 1.80 bits per heavy atom. The molecule has 0 amide bonds. The van der Waals surface area contributed by atoms with Gasteiger partial charge in [-0.2, -0.15) is 0 Å². The van der Waals surface area contributed by atoms with Gasteiger partial charge in [-0.15, -0.1) is 11.3 Å². The van der Waals surface area contributed by atoms with Crippen molar-refractivity contribution in [2.45, 2.75) is 13.5 Å². The van der Waals surface area contributed by atoms with Gasteiger partial charge in [0, 0.05) is 10.1 Å². The zero-order chi connectivity index (χ0) is 18.0. The van der Waals surface area contributed by atoms with Crippen LogP contribution in [0.25, 0.3) is 10.1 Å². The molecule has 1 aromatic heterocycles. The highest BCUT2D eigenvalue weighted by molar-refractivity contribution is 7.21. The fourth-order valence-electron chi connectivity index (χ4n) is 2.53. The van der Waals surface area contributed by atoms with Gasteiger partial charge in [0.1, 0.15) is 11.5 Å². The molecule has 0 bridgehead atoms. The Hall–Kier alpha value is -2.24. The highest BCUT2D eigenvalue weighted by Gasteiger charge is 2.19. The molecule has 0 unspecified atom stereocenters. The predicted molar refractivity (Wildman–Crippen MR) is 100 cm³/mol. The van der Waals surface area contributed by atoms with E-state index in [0.717, 1.165) is 21.2 Å². The smallest absolute Gasteiger partial charge is 0.350 e. The van der Waals surface area contributed by atoms with Crippen molar-refractivity contribution in [3.05, 3.63) is 57.4 Å². The third kappa shape index (κ3) is 3.43. The molecule has 0 aliphatic carbocycles. The number of halogens is 1. The summed E-state index contributed by atoms with van der Waals surface area (Å²) in [5.74, 6) is 0.807. The van der Waals surface area contributed by atoms with Gasteiger partial charge in [0.2, 0.25) is 0 Å². The number of thiophene rings is 1. The van der Waals surface area contributed by atoms with Crippen molar-refractivity contribution >= 4 is 39.0 Å². The van der Waals surface area contributed by atoms with E-state index in [1.165, 1.54) is 11.3 Å². The van der Waals surface area contributed by atoms with Crippen LogP contribution in [0.5, 0.6) is 11.5 Å². The summed E-state index contributed by atoms with van der Waals surface area (Å²) in [6.45, 7) is 2.06. The van der Waals surface area contributed by atoms with Gasteiger partial charge in [-0.3, -0.25) is 0 Å².